The second kappa shape index (κ2) is 13.6. The smallest absolute Gasteiger partial charge is 0.463 e. The average Bonchev–Trinajstić information content (AvgIpc) is 2.94. The Labute approximate surface area is 272 Å². The van der Waals surface area contributed by atoms with Gasteiger partial charge in [-0.2, -0.15) is 0 Å². The molecular weight excluding hydrogens is 620 g/mol. The van der Waals surface area contributed by atoms with E-state index in [1.807, 2.05) is 0 Å². The minimum Gasteiger partial charge on any atom is -0.463 e. The molecule has 2 saturated carbocycles. The lowest BCUT2D eigenvalue weighted by molar-refractivity contribution is -0.367. The normalized spacial score (nSPS) is 26.7. The van der Waals surface area contributed by atoms with E-state index in [4.69, 9.17) is 40.0 Å². The molecule has 46 heavy (non-hydrogen) atoms. The van der Waals surface area contributed by atoms with Crippen molar-refractivity contribution in [3.8, 4) is 0 Å². The summed E-state index contributed by atoms with van der Waals surface area (Å²) in [6.07, 6.45) is -0.673. The summed E-state index contributed by atoms with van der Waals surface area (Å²) < 4.78 is 33.6. The van der Waals surface area contributed by atoms with Gasteiger partial charge in [0.25, 0.3) is 0 Å². The molecule has 1 unspecified atom stereocenters. The number of rotatable bonds is 10. The molecule has 1 spiro atoms. The van der Waals surface area contributed by atoms with Crippen LogP contribution in [0.15, 0.2) is 42.5 Å². The number of carbonyl (C=O) groups excluding carboxylic acids is 3. The zero-order valence-corrected chi connectivity index (χ0v) is 27.0. The Hall–Kier alpha value is -3.67. The topological polar surface area (TPSA) is 144 Å². The van der Waals surface area contributed by atoms with Crippen LogP contribution in [0.2, 0.25) is 5.02 Å². The van der Waals surface area contributed by atoms with Crippen LogP contribution in [-0.4, -0.2) is 67.3 Å². The van der Waals surface area contributed by atoms with Crippen molar-refractivity contribution in [3.63, 3.8) is 0 Å². The van der Waals surface area contributed by atoms with E-state index in [0.29, 0.717) is 28.3 Å². The zero-order chi connectivity index (χ0) is 33.2. The first-order valence-electron chi connectivity index (χ1n) is 15.3. The summed E-state index contributed by atoms with van der Waals surface area (Å²) in [5, 5.41) is 10.2. The molecule has 1 heterocycles. The Kier molecular flexibility index (Phi) is 9.95. The maximum Gasteiger partial charge on any atom is 0.506 e. The number of halogens is 1. The summed E-state index contributed by atoms with van der Waals surface area (Å²) in [7, 11) is 1.26. The Morgan fingerprint density at radius 2 is 1.57 bits per heavy atom. The van der Waals surface area contributed by atoms with E-state index < -0.39 is 60.9 Å². The summed E-state index contributed by atoms with van der Waals surface area (Å²) in [4.78, 5) is 48.1. The monoisotopic (exact) mass is 658 g/mol. The molecule has 3 fully saturated rings. The lowest BCUT2D eigenvalue weighted by atomic mass is 9.51. The Morgan fingerprint density at radius 3 is 2.11 bits per heavy atom. The maximum absolute atomic E-state index is 12.3. The minimum absolute atomic E-state index is 0.281. The molecule has 248 valence electrons. The van der Waals surface area contributed by atoms with E-state index >= 15 is 0 Å². The van der Waals surface area contributed by atoms with Gasteiger partial charge in [0.05, 0.1) is 0 Å². The SMILES string of the molecule is COC1(c2ccc(Cl)c(Cc3ccc(C4CC5(CCC5)C4)cc3)c2)O[C@H](COC(C)=O)[C@@H](OC(C)=O)[C@H](OC(C)=O)[C@H]1OC(=O)O. The third-order valence-electron chi connectivity index (χ3n) is 9.34. The zero-order valence-electron chi connectivity index (χ0n) is 26.3. The highest BCUT2D eigenvalue weighted by molar-refractivity contribution is 6.31. The fourth-order valence-electron chi connectivity index (χ4n) is 7.07. The van der Waals surface area contributed by atoms with Gasteiger partial charge in [-0.3, -0.25) is 14.4 Å². The van der Waals surface area contributed by atoms with Gasteiger partial charge < -0.3 is 33.5 Å². The van der Waals surface area contributed by atoms with Crippen LogP contribution < -0.4 is 0 Å². The highest BCUT2D eigenvalue weighted by Gasteiger charge is 2.62. The second-order valence-corrected chi connectivity index (χ2v) is 12.9. The third kappa shape index (κ3) is 7.01. The van der Waals surface area contributed by atoms with Crippen molar-refractivity contribution in [2.45, 2.75) is 95.4 Å². The first-order chi connectivity index (χ1) is 21.8. The van der Waals surface area contributed by atoms with Crippen molar-refractivity contribution in [2.24, 2.45) is 5.41 Å². The molecule has 2 aliphatic carbocycles. The van der Waals surface area contributed by atoms with Crippen molar-refractivity contribution < 1.29 is 52.7 Å². The molecule has 3 aliphatic rings. The summed E-state index contributed by atoms with van der Waals surface area (Å²) in [5.74, 6) is -3.70. The van der Waals surface area contributed by atoms with Crippen LogP contribution in [0, 0.1) is 5.41 Å². The Morgan fingerprint density at radius 1 is 0.913 bits per heavy atom. The maximum atomic E-state index is 12.3. The summed E-state index contributed by atoms with van der Waals surface area (Å²) in [6.45, 7) is 2.97. The van der Waals surface area contributed by atoms with Gasteiger partial charge in [-0.25, -0.2) is 4.79 Å². The largest absolute Gasteiger partial charge is 0.506 e. The van der Waals surface area contributed by atoms with Gasteiger partial charge in [0, 0.05) is 38.5 Å². The highest BCUT2D eigenvalue weighted by Crippen LogP contribution is 2.61. The molecule has 0 amide bonds. The number of hydrogen-bond acceptors (Lipinski definition) is 10. The van der Waals surface area contributed by atoms with E-state index in [2.05, 4.69) is 24.3 Å². The average molecular weight is 659 g/mol. The molecule has 2 aromatic carbocycles. The van der Waals surface area contributed by atoms with Gasteiger partial charge in [-0.05, 0) is 72.3 Å². The molecule has 2 aromatic rings. The first-order valence-corrected chi connectivity index (χ1v) is 15.7. The number of hydrogen-bond donors (Lipinski definition) is 1. The van der Waals surface area contributed by atoms with Crippen LogP contribution in [-0.2, 0) is 55.0 Å². The number of benzene rings is 2. The van der Waals surface area contributed by atoms with Gasteiger partial charge in [-0.15, -0.1) is 0 Å². The van der Waals surface area contributed by atoms with Crippen LogP contribution in [0.5, 0.6) is 0 Å². The van der Waals surface area contributed by atoms with E-state index in [1.165, 1.54) is 51.7 Å². The van der Waals surface area contributed by atoms with Crippen LogP contribution in [0.25, 0.3) is 0 Å². The number of ether oxygens (including phenoxy) is 6. The number of esters is 3. The fourth-order valence-corrected chi connectivity index (χ4v) is 7.26. The van der Waals surface area contributed by atoms with Gasteiger partial charge in [0.2, 0.25) is 11.9 Å². The molecular formula is C34H39ClO11. The third-order valence-corrected chi connectivity index (χ3v) is 9.71. The van der Waals surface area contributed by atoms with Crippen molar-refractivity contribution >= 4 is 35.7 Å². The predicted molar refractivity (Wildman–Crippen MR) is 163 cm³/mol. The predicted octanol–water partition coefficient (Wildman–Crippen LogP) is 5.67. The lowest BCUT2D eigenvalue weighted by Crippen LogP contribution is -2.67. The van der Waals surface area contributed by atoms with Crippen molar-refractivity contribution in [3.05, 3.63) is 69.7 Å². The van der Waals surface area contributed by atoms with E-state index in [9.17, 15) is 24.3 Å². The molecule has 0 bridgehead atoms. The molecule has 0 aromatic heterocycles. The fraction of sp³-hybridized carbons (Fsp3) is 0.529. The molecule has 12 heteroatoms. The van der Waals surface area contributed by atoms with Crippen LogP contribution in [0.1, 0.15) is 81.0 Å². The first kappa shape index (κ1) is 33.7. The van der Waals surface area contributed by atoms with E-state index in [0.717, 1.165) is 19.4 Å². The van der Waals surface area contributed by atoms with Crippen LogP contribution >= 0.6 is 11.6 Å². The van der Waals surface area contributed by atoms with E-state index in [-0.39, 0.29) is 5.56 Å². The van der Waals surface area contributed by atoms with Crippen LogP contribution in [0.4, 0.5) is 4.79 Å². The highest BCUT2D eigenvalue weighted by atomic mass is 35.5. The minimum atomic E-state index is -2.05. The molecule has 1 N–H and O–H groups in total. The van der Waals surface area contributed by atoms with E-state index in [1.54, 1.807) is 18.2 Å². The Bertz CT molecular complexity index is 1460. The molecule has 0 radical (unpaired) electrons. The lowest BCUT2D eigenvalue weighted by Gasteiger charge is -2.54. The van der Waals surface area contributed by atoms with Crippen molar-refractivity contribution in [1.29, 1.82) is 0 Å². The molecule has 1 saturated heterocycles. The number of methoxy groups -OCH3 is 1. The van der Waals surface area contributed by atoms with Gasteiger partial charge in [0.15, 0.2) is 12.2 Å². The molecule has 5 atom stereocenters. The molecule has 1 aliphatic heterocycles. The standard InChI is InChI=1S/C34H39ClO11/c1-19(36)42-18-28-29(43-20(2)37)30(44-21(3)38)31(45-32(39)40)34(41-4,46-28)26-10-11-27(35)24(15-26)14-22-6-8-23(9-7-22)25-16-33(17-25)12-5-13-33/h6-11,15,25,28-31H,5,12-14,16-18H2,1-4H3,(H,39,40)/t28-,29-,30+,31-,34?/m1/s1. The van der Waals surface area contributed by atoms with Gasteiger partial charge >= 0.3 is 24.1 Å². The van der Waals surface area contributed by atoms with Gasteiger partial charge in [0.1, 0.15) is 12.7 Å². The van der Waals surface area contributed by atoms with Gasteiger partial charge in [-0.1, -0.05) is 48.4 Å². The quantitative estimate of drug-likeness (QED) is 0.249. The summed E-state index contributed by atoms with van der Waals surface area (Å²) in [5.41, 5.74) is 3.89. The second-order valence-electron chi connectivity index (χ2n) is 12.5. The summed E-state index contributed by atoms with van der Waals surface area (Å²) in [6, 6.07) is 13.4. The number of carbonyl (C=O) groups is 4. The Balaban J connectivity index is 1.49. The van der Waals surface area contributed by atoms with Crippen molar-refractivity contribution in [1.82, 2.24) is 0 Å². The number of carboxylic acid groups (broad SMARTS) is 1. The van der Waals surface area contributed by atoms with Crippen molar-refractivity contribution in [2.75, 3.05) is 13.7 Å². The molecule has 11 nitrogen and oxygen atoms in total. The molecule has 5 rings (SSSR count). The summed E-state index contributed by atoms with van der Waals surface area (Å²) >= 11 is 6.66. The van der Waals surface area contributed by atoms with Crippen LogP contribution in [0.3, 0.4) is 0 Å².